The van der Waals surface area contributed by atoms with Gasteiger partial charge < -0.3 is 14.8 Å². The highest BCUT2D eigenvalue weighted by atomic mass is 35.5. The molecule has 2 aromatic carbocycles. The number of anilines is 1. The van der Waals surface area contributed by atoms with Crippen LogP contribution in [-0.4, -0.2) is 32.0 Å². The van der Waals surface area contributed by atoms with Gasteiger partial charge in [-0.05, 0) is 31.5 Å². The van der Waals surface area contributed by atoms with Gasteiger partial charge in [0, 0.05) is 17.2 Å². The molecule has 0 radical (unpaired) electrons. The van der Waals surface area contributed by atoms with Crippen molar-refractivity contribution in [3.8, 4) is 11.5 Å². The van der Waals surface area contributed by atoms with Gasteiger partial charge >= 0.3 is 0 Å². The third kappa shape index (κ3) is 5.21. The molecule has 0 bridgehead atoms. The third-order valence-electron chi connectivity index (χ3n) is 3.81. The fourth-order valence-corrected chi connectivity index (χ4v) is 2.61. The summed E-state index contributed by atoms with van der Waals surface area (Å²) in [4.78, 5) is 24.5. The summed E-state index contributed by atoms with van der Waals surface area (Å²) in [6.45, 7) is 3.10. The maximum absolute atomic E-state index is 12.6. The van der Waals surface area contributed by atoms with Crippen LogP contribution in [0.1, 0.15) is 12.5 Å². The second-order valence-electron chi connectivity index (χ2n) is 5.84. The number of benzene rings is 2. The molecule has 28 heavy (non-hydrogen) atoms. The molecule has 7 nitrogen and oxygen atoms in total. The van der Waals surface area contributed by atoms with Gasteiger partial charge in [-0.2, -0.15) is 10.2 Å². The molecule has 2 rings (SSSR count). The largest absolute Gasteiger partial charge is 0.493 e. The van der Waals surface area contributed by atoms with Crippen molar-refractivity contribution in [3.05, 3.63) is 45.9 Å². The van der Waals surface area contributed by atoms with Gasteiger partial charge in [0.1, 0.15) is 0 Å². The lowest BCUT2D eigenvalue weighted by Crippen LogP contribution is -2.31. The highest BCUT2D eigenvalue weighted by molar-refractivity contribution is 6.34. The number of ether oxygens (including phenoxy) is 2. The van der Waals surface area contributed by atoms with Crippen molar-refractivity contribution < 1.29 is 19.1 Å². The predicted octanol–water partition coefficient (Wildman–Crippen LogP) is 5.00. The summed E-state index contributed by atoms with van der Waals surface area (Å²) in [5, 5.41) is 11.1. The van der Waals surface area contributed by atoms with Gasteiger partial charge in [0.2, 0.25) is 6.04 Å². The zero-order valence-corrected chi connectivity index (χ0v) is 17.3. The summed E-state index contributed by atoms with van der Waals surface area (Å²) in [6, 6.07) is 6.69. The Labute approximate surface area is 172 Å². The van der Waals surface area contributed by atoms with E-state index in [1.165, 1.54) is 33.3 Å². The second-order valence-corrected chi connectivity index (χ2v) is 6.65. The van der Waals surface area contributed by atoms with Crippen LogP contribution in [0.3, 0.4) is 0 Å². The minimum Gasteiger partial charge on any atom is -0.493 e. The van der Waals surface area contributed by atoms with E-state index < -0.39 is 17.7 Å². The highest BCUT2D eigenvalue weighted by Gasteiger charge is 2.24. The Kier molecular flexibility index (Phi) is 7.37. The molecular weight excluding hydrogens is 405 g/mol. The van der Waals surface area contributed by atoms with E-state index in [9.17, 15) is 9.59 Å². The Hall–Kier alpha value is -2.64. The lowest BCUT2D eigenvalue weighted by molar-refractivity contribution is -0.126. The first-order valence-electron chi connectivity index (χ1n) is 8.16. The average molecular weight is 424 g/mol. The Bertz CT molecular complexity index is 932. The number of azo groups is 1. The van der Waals surface area contributed by atoms with Gasteiger partial charge in [0.15, 0.2) is 17.3 Å². The molecule has 0 aliphatic rings. The van der Waals surface area contributed by atoms with Crippen molar-refractivity contribution in [3.63, 3.8) is 0 Å². The first kappa shape index (κ1) is 21.7. The van der Waals surface area contributed by atoms with Crippen LogP contribution in [0, 0.1) is 6.92 Å². The highest BCUT2D eigenvalue weighted by Crippen LogP contribution is 2.36. The van der Waals surface area contributed by atoms with E-state index in [2.05, 4.69) is 15.5 Å². The molecule has 0 heterocycles. The number of halogens is 2. The van der Waals surface area contributed by atoms with Gasteiger partial charge in [-0.15, -0.1) is 0 Å². The zero-order chi connectivity index (χ0) is 20.8. The smallest absolute Gasteiger partial charge is 0.258 e. The minimum atomic E-state index is -1.34. The second kappa shape index (κ2) is 9.52. The lowest BCUT2D eigenvalue weighted by Gasteiger charge is -2.14. The molecule has 1 unspecified atom stereocenters. The molecule has 0 fully saturated rings. The van der Waals surface area contributed by atoms with E-state index in [0.717, 1.165) is 5.56 Å². The molecular formula is C19H19Cl2N3O4. The minimum absolute atomic E-state index is 0.218. The zero-order valence-electron chi connectivity index (χ0n) is 15.7. The van der Waals surface area contributed by atoms with E-state index in [0.29, 0.717) is 22.2 Å². The number of hydrogen-bond acceptors (Lipinski definition) is 6. The molecule has 9 heteroatoms. The Balaban J connectivity index is 2.25. The molecule has 0 aliphatic heterocycles. The van der Waals surface area contributed by atoms with Gasteiger partial charge in [-0.25, -0.2) is 0 Å². The lowest BCUT2D eigenvalue weighted by atomic mass is 10.2. The number of ketones is 1. The number of hydrogen-bond donors (Lipinski definition) is 1. The first-order chi connectivity index (χ1) is 13.3. The first-order valence-corrected chi connectivity index (χ1v) is 8.92. The van der Waals surface area contributed by atoms with E-state index in [-0.39, 0.29) is 10.7 Å². The fraction of sp³-hybridized carbons (Fsp3) is 0.263. The van der Waals surface area contributed by atoms with Crippen molar-refractivity contribution >= 4 is 46.3 Å². The Morgan fingerprint density at radius 1 is 1.04 bits per heavy atom. The molecule has 148 valence electrons. The van der Waals surface area contributed by atoms with Crippen LogP contribution in [0.25, 0.3) is 0 Å². The number of methoxy groups -OCH3 is 2. The van der Waals surface area contributed by atoms with Crippen LogP contribution in [0.4, 0.5) is 11.4 Å². The van der Waals surface area contributed by atoms with Crippen molar-refractivity contribution in [1.82, 2.24) is 0 Å². The van der Waals surface area contributed by atoms with Crippen LogP contribution in [0.15, 0.2) is 40.6 Å². The van der Waals surface area contributed by atoms with E-state index in [1.54, 1.807) is 18.2 Å². The Morgan fingerprint density at radius 3 is 2.25 bits per heavy atom. The number of rotatable bonds is 7. The topological polar surface area (TPSA) is 89.4 Å². The number of Topliss-reactive ketones (excluding diaryl/α,β-unsaturated/α-hetero) is 1. The number of carbonyl (C=O) groups is 2. The summed E-state index contributed by atoms with van der Waals surface area (Å²) in [5.41, 5.74) is 1.56. The predicted molar refractivity (Wildman–Crippen MR) is 108 cm³/mol. The van der Waals surface area contributed by atoms with Crippen molar-refractivity contribution in [1.29, 1.82) is 0 Å². The summed E-state index contributed by atoms with van der Waals surface area (Å²) in [6.07, 6.45) is 0. The quantitative estimate of drug-likeness (QED) is 0.501. The van der Waals surface area contributed by atoms with Crippen LogP contribution in [0.5, 0.6) is 11.5 Å². The van der Waals surface area contributed by atoms with Gasteiger partial charge in [0.05, 0.1) is 30.6 Å². The molecule has 0 aliphatic carbocycles. The average Bonchev–Trinajstić information content (AvgIpc) is 2.65. The molecule has 0 spiro atoms. The standard InChI is InChI=1S/C19H19Cl2N3O4/c1-10-5-6-12(7-13(10)20)23-24-18(11(2)25)19(26)22-15-9-17(28-4)16(27-3)8-14(15)21/h5-9,18H,1-4H3,(H,22,26). The van der Waals surface area contributed by atoms with E-state index in [1.807, 2.05) is 6.92 Å². The van der Waals surface area contributed by atoms with Crippen molar-refractivity contribution in [2.45, 2.75) is 19.9 Å². The summed E-state index contributed by atoms with van der Waals surface area (Å²) in [7, 11) is 2.92. The summed E-state index contributed by atoms with van der Waals surface area (Å²) in [5.74, 6) is -0.373. The van der Waals surface area contributed by atoms with Crippen molar-refractivity contribution in [2.24, 2.45) is 10.2 Å². The number of nitrogens with one attached hydrogen (secondary N) is 1. The van der Waals surface area contributed by atoms with Crippen LogP contribution in [0.2, 0.25) is 10.0 Å². The van der Waals surface area contributed by atoms with Gasteiger partial charge in [0.25, 0.3) is 5.91 Å². The number of nitrogens with zero attached hydrogens (tertiary/aromatic N) is 2. The monoisotopic (exact) mass is 423 g/mol. The molecule has 0 saturated heterocycles. The van der Waals surface area contributed by atoms with Crippen LogP contribution in [-0.2, 0) is 9.59 Å². The van der Waals surface area contributed by atoms with E-state index >= 15 is 0 Å². The number of carbonyl (C=O) groups excluding carboxylic acids is 2. The molecule has 2 aromatic rings. The molecule has 0 aromatic heterocycles. The Morgan fingerprint density at radius 2 is 1.68 bits per heavy atom. The fourth-order valence-electron chi connectivity index (χ4n) is 2.24. The molecule has 1 N–H and O–H groups in total. The van der Waals surface area contributed by atoms with E-state index in [4.69, 9.17) is 32.7 Å². The molecule has 0 saturated carbocycles. The third-order valence-corrected chi connectivity index (χ3v) is 4.53. The number of amides is 1. The maximum atomic E-state index is 12.6. The SMILES string of the molecule is COc1cc(Cl)c(NC(=O)C(N=Nc2ccc(C)c(Cl)c2)C(C)=O)cc1OC. The van der Waals surface area contributed by atoms with Crippen LogP contribution < -0.4 is 14.8 Å². The van der Waals surface area contributed by atoms with Crippen LogP contribution >= 0.6 is 23.2 Å². The molecule has 1 amide bonds. The van der Waals surface area contributed by atoms with Gasteiger partial charge in [-0.3, -0.25) is 9.59 Å². The van der Waals surface area contributed by atoms with Crippen molar-refractivity contribution in [2.75, 3.05) is 19.5 Å². The van der Waals surface area contributed by atoms with Gasteiger partial charge in [-0.1, -0.05) is 29.3 Å². The summed E-state index contributed by atoms with van der Waals surface area (Å²) >= 11 is 12.2. The maximum Gasteiger partial charge on any atom is 0.258 e. The number of aryl methyl sites for hydroxylation is 1. The normalized spacial score (nSPS) is 11.9. The molecule has 1 atom stereocenters. The summed E-state index contributed by atoms with van der Waals surface area (Å²) < 4.78 is 10.3.